The number of aromatic nitrogens is 3. The van der Waals surface area contributed by atoms with Gasteiger partial charge in [0.2, 0.25) is 9.84 Å². The van der Waals surface area contributed by atoms with Crippen molar-refractivity contribution >= 4 is 26.9 Å². The van der Waals surface area contributed by atoms with E-state index in [1.165, 1.54) is 24.5 Å². The summed E-state index contributed by atoms with van der Waals surface area (Å²) < 4.78 is 70.8. The predicted octanol–water partition coefficient (Wildman–Crippen LogP) is 3.06. The molecule has 13 heteroatoms. The van der Waals surface area contributed by atoms with Crippen LogP contribution >= 0.6 is 11.3 Å². The van der Waals surface area contributed by atoms with Crippen LogP contribution in [-0.4, -0.2) is 37.1 Å². The third-order valence-corrected chi connectivity index (χ3v) is 6.15. The van der Waals surface area contributed by atoms with Crippen LogP contribution in [-0.2, 0) is 21.2 Å². The van der Waals surface area contributed by atoms with E-state index in [-0.39, 0.29) is 27.8 Å². The number of anilines is 1. The van der Waals surface area contributed by atoms with Crippen LogP contribution in [0.1, 0.15) is 5.01 Å². The monoisotopic (exact) mass is 446 g/mol. The van der Waals surface area contributed by atoms with Gasteiger partial charge in [0.25, 0.3) is 0 Å². The molecule has 0 aliphatic rings. The number of rotatable bonds is 6. The molecule has 0 atom stereocenters. The number of pyridine rings is 1. The van der Waals surface area contributed by atoms with Crippen LogP contribution in [0.4, 0.5) is 18.9 Å². The maximum Gasteiger partial charge on any atom is 0.573 e. The van der Waals surface area contributed by atoms with Gasteiger partial charge in [-0.2, -0.15) is 0 Å². The smallest absolute Gasteiger partial charge is 0.406 e. The number of nitrogen functional groups attached to an aromatic ring is 1. The molecule has 2 heterocycles. The molecule has 0 amide bonds. The number of ether oxygens (including phenoxy) is 2. The minimum atomic E-state index is -4.87. The van der Waals surface area contributed by atoms with E-state index in [1.54, 1.807) is 0 Å². The molecule has 0 aliphatic heterocycles. The van der Waals surface area contributed by atoms with Crippen molar-refractivity contribution in [2.24, 2.45) is 0 Å². The molecule has 3 aromatic rings. The van der Waals surface area contributed by atoms with Crippen LogP contribution in [0.2, 0.25) is 0 Å². The van der Waals surface area contributed by atoms with Crippen LogP contribution in [0, 0.1) is 0 Å². The maximum absolute atomic E-state index is 12.7. The Bertz CT molecular complexity index is 1120. The van der Waals surface area contributed by atoms with E-state index in [0.717, 1.165) is 30.5 Å². The second-order valence-corrected chi connectivity index (χ2v) is 8.58. The molecule has 0 saturated carbocycles. The van der Waals surface area contributed by atoms with E-state index >= 15 is 0 Å². The normalized spacial score (nSPS) is 12.1. The van der Waals surface area contributed by atoms with Gasteiger partial charge >= 0.3 is 6.36 Å². The minimum Gasteiger partial charge on any atom is -0.406 e. The molecule has 2 aromatic heterocycles. The topological polar surface area (TPSA) is 117 Å². The molecule has 8 nitrogen and oxygen atoms in total. The van der Waals surface area contributed by atoms with Gasteiger partial charge < -0.3 is 15.2 Å². The van der Waals surface area contributed by atoms with Crippen molar-refractivity contribution in [2.45, 2.75) is 22.8 Å². The summed E-state index contributed by atoms with van der Waals surface area (Å²) in [7, 11) is -2.55. The van der Waals surface area contributed by atoms with Crippen LogP contribution in [0.15, 0.2) is 46.3 Å². The fraction of sp³-hybridized carbons (Fsp3) is 0.188. The summed E-state index contributed by atoms with van der Waals surface area (Å²) in [6.45, 7) is 0.262. The summed E-state index contributed by atoms with van der Waals surface area (Å²) in [5.74, 6) is -0.535. The van der Waals surface area contributed by atoms with Crippen molar-refractivity contribution < 1.29 is 31.1 Å². The molecule has 3 rings (SSSR count). The van der Waals surface area contributed by atoms with Crippen LogP contribution < -0.4 is 10.5 Å². The molecular weight excluding hydrogens is 433 g/mol. The van der Waals surface area contributed by atoms with Gasteiger partial charge in [-0.3, -0.25) is 4.98 Å². The van der Waals surface area contributed by atoms with Gasteiger partial charge in [0, 0.05) is 13.3 Å². The largest absolute Gasteiger partial charge is 0.573 e. The molecular formula is C16H13F3N4O4S2. The summed E-state index contributed by atoms with van der Waals surface area (Å²) in [6, 6.07) is 5.02. The van der Waals surface area contributed by atoms with Gasteiger partial charge in [0.05, 0.1) is 22.1 Å². The third-order valence-electron chi connectivity index (χ3n) is 3.51. The standard InChI is InChI=1S/C16H13F3N4O4S2/c1-26-8-13-22-23-15(28-13)14-12(20)6-11(7-21-14)29(24,25)10-4-2-9(3-5-10)27-16(17,18)19/h2-7H,8,20H2,1H3. The first-order valence-corrected chi connectivity index (χ1v) is 10.1. The first-order valence-electron chi connectivity index (χ1n) is 7.78. The van der Waals surface area contributed by atoms with Crippen molar-refractivity contribution in [1.29, 1.82) is 0 Å². The van der Waals surface area contributed by atoms with Gasteiger partial charge in [0.15, 0.2) is 5.01 Å². The fourth-order valence-electron chi connectivity index (χ4n) is 2.27. The molecule has 2 N–H and O–H groups in total. The van der Waals surface area contributed by atoms with Crippen molar-refractivity contribution in [3.05, 3.63) is 41.5 Å². The van der Waals surface area contributed by atoms with Gasteiger partial charge in [-0.25, -0.2) is 8.42 Å². The Morgan fingerprint density at radius 3 is 2.41 bits per heavy atom. The first kappa shape index (κ1) is 21.0. The highest BCUT2D eigenvalue weighted by atomic mass is 32.2. The van der Waals surface area contributed by atoms with Crippen LogP contribution in [0.25, 0.3) is 10.7 Å². The molecule has 1 aromatic carbocycles. The minimum absolute atomic E-state index is 0.0585. The van der Waals surface area contributed by atoms with Crippen molar-refractivity contribution in [3.63, 3.8) is 0 Å². The van der Waals surface area contributed by atoms with E-state index in [4.69, 9.17) is 10.5 Å². The number of sulfone groups is 1. The number of hydrogen-bond donors (Lipinski definition) is 1. The van der Waals surface area contributed by atoms with Crippen LogP contribution in [0.5, 0.6) is 5.75 Å². The Morgan fingerprint density at radius 1 is 1.14 bits per heavy atom. The lowest BCUT2D eigenvalue weighted by molar-refractivity contribution is -0.274. The van der Waals surface area contributed by atoms with E-state index in [0.29, 0.717) is 10.0 Å². The lowest BCUT2D eigenvalue weighted by Crippen LogP contribution is -2.17. The zero-order valence-electron chi connectivity index (χ0n) is 14.7. The molecule has 0 spiro atoms. The summed E-state index contributed by atoms with van der Waals surface area (Å²) in [5.41, 5.74) is 6.26. The summed E-state index contributed by atoms with van der Waals surface area (Å²) in [6.07, 6.45) is -3.78. The first-order chi connectivity index (χ1) is 13.6. The Hall–Kier alpha value is -2.77. The average molecular weight is 446 g/mol. The third kappa shape index (κ3) is 4.81. The highest BCUT2D eigenvalue weighted by molar-refractivity contribution is 7.91. The Kier molecular flexibility index (Phi) is 5.73. The van der Waals surface area contributed by atoms with Gasteiger partial charge in [-0.15, -0.1) is 23.4 Å². The zero-order valence-corrected chi connectivity index (χ0v) is 16.3. The number of halogens is 3. The number of alkyl halides is 3. The van der Waals surface area contributed by atoms with Gasteiger partial charge in [-0.1, -0.05) is 11.3 Å². The summed E-state index contributed by atoms with van der Waals surface area (Å²) in [4.78, 5) is 3.61. The molecule has 0 radical (unpaired) electrons. The zero-order chi connectivity index (χ0) is 21.2. The number of benzene rings is 1. The molecule has 0 saturated heterocycles. The maximum atomic E-state index is 12.7. The predicted molar refractivity (Wildman–Crippen MR) is 96.8 cm³/mol. The van der Waals surface area contributed by atoms with Gasteiger partial charge in [0.1, 0.15) is 16.5 Å². The lowest BCUT2D eigenvalue weighted by Gasteiger charge is -2.10. The SMILES string of the molecule is COCc1nnc(-c2ncc(S(=O)(=O)c3ccc(OC(F)(F)F)cc3)cc2N)s1. The van der Waals surface area contributed by atoms with E-state index < -0.39 is 21.9 Å². The second-order valence-electron chi connectivity index (χ2n) is 5.57. The van der Waals surface area contributed by atoms with E-state index in [2.05, 4.69) is 19.9 Å². The number of hydrogen-bond acceptors (Lipinski definition) is 9. The van der Waals surface area contributed by atoms with E-state index in [1.807, 2.05) is 0 Å². The number of nitrogens with zero attached hydrogens (tertiary/aromatic N) is 3. The molecule has 0 fully saturated rings. The molecule has 0 unspecified atom stereocenters. The lowest BCUT2D eigenvalue weighted by atomic mass is 10.3. The van der Waals surface area contributed by atoms with E-state index in [9.17, 15) is 21.6 Å². The van der Waals surface area contributed by atoms with Gasteiger partial charge in [-0.05, 0) is 30.3 Å². The second kappa shape index (κ2) is 7.93. The quantitative estimate of drug-likeness (QED) is 0.614. The molecule has 154 valence electrons. The Labute approximate surface area is 167 Å². The highest BCUT2D eigenvalue weighted by Crippen LogP contribution is 2.31. The number of nitrogens with two attached hydrogens (primary N) is 1. The molecule has 0 bridgehead atoms. The Balaban J connectivity index is 1.88. The van der Waals surface area contributed by atoms with Crippen molar-refractivity contribution in [1.82, 2.24) is 15.2 Å². The Morgan fingerprint density at radius 2 is 1.83 bits per heavy atom. The molecule has 29 heavy (non-hydrogen) atoms. The van der Waals surface area contributed by atoms with Crippen LogP contribution in [0.3, 0.4) is 0 Å². The average Bonchev–Trinajstić information content (AvgIpc) is 3.09. The summed E-state index contributed by atoms with van der Waals surface area (Å²) >= 11 is 1.20. The van der Waals surface area contributed by atoms with Crippen molar-refractivity contribution in [2.75, 3.05) is 12.8 Å². The molecule has 0 aliphatic carbocycles. The fourth-order valence-corrected chi connectivity index (χ4v) is 4.35. The van der Waals surface area contributed by atoms with Crippen molar-refractivity contribution in [3.8, 4) is 16.5 Å². The summed E-state index contributed by atoms with van der Waals surface area (Å²) in [5, 5.41) is 8.85. The highest BCUT2D eigenvalue weighted by Gasteiger charge is 2.31. The number of methoxy groups -OCH3 is 1.